The van der Waals surface area contributed by atoms with Gasteiger partial charge in [0.1, 0.15) is 0 Å². The van der Waals surface area contributed by atoms with Gasteiger partial charge in [-0.25, -0.2) is 0 Å². The number of nitrogens with zero attached hydrogens (tertiary/aromatic N) is 3. The zero-order chi connectivity index (χ0) is 13.0. The Labute approximate surface area is 111 Å². The third-order valence-electron chi connectivity index (χ3n) is 4.27. The molecule has 0 aromatic carbocycles. The quantitative estimate of drug-likeness (QED) is 0.747. The van der Waals surface area contributed by atoms with Crippen LogP contribution in [0.15, 0.2) is 0 Å². The molecule has 0 spiro atoms. The molecule has 4 heteroatoms. The van der Waals surface area contributed by atoms with Crippen molar-refractivity contribution in [1.82, 2.24) is 14.7 Å². The molecule has 1 atom stereocenters. The first-order valence-corrected chi connectivity index (χ1v) is 7.37. The smallest absolute Gasteiger partial charge is 0.222 e. The maximum atomic E-state index is 11.6. The summed E-state index contributed by atoms with van der Waals surface area (Å²) in [6.07, 6.45) is 3.36. The number of likely N-dealkylation sites (tertiary alicyclic amines) is 1. The Balaban J connectivity index is 1.71. The molecule has 18 heavy (non-hydrogen) atoms. The van der Waals surface area contributed by atoms with Crippen molar-refractivity contribution in [1.29, 1.82) is 0 Å². The molecular weight excluding hydrogens is 226 g/mol. The van der Waals surface area contributed by atoms with E-state index in [9.17, 15) is 4.79 Å². The minimum absolute atomic E-state index is 0.312. The molecule has 2 heterocycles. The number of piperidine rings is 1. The zero-order valence-electron chi connectivity index (χ0n) is 11.9. The van der Waals surface area contributed by atoms with E-state index >= 15 is 0 Å². The molecule has 2 fully saturated rings. The van der Waals surface area contributed by atoms with Gasteiger partial charge < -0.3 is 9.80 Å². The lowest BCUT2D eigenvalue weighted by atomic mass is 9.97. The molecule has 0 aromatic heterocycles. The predicted octanol–water partition coefficient (Wildman–Crippen LogP) is 0.882. The minimum atomic E-state index is 0.312. The molecule has 104 valence electrons. The highest BCUT2D eigenvalue weighted by Gasteiger charge is 2.24. The number of carbonyl (C=O) groups excluding carboxylic acids is 1. The van der Waals surface area contributed by atoms with E-state index < -0.39 is 0 Å². The fourth-order valence-corrected chi connectivity index (χ4v) is 3.19. The van der Waals surface area contributed by atoms with Gasteiger partial charge in [0, 0.05) is 45.7 Å². The predicted molar refractivity (Wildman–Crippen MR) is 73.5 cm³/mol. The first-order chi connectivity index (χ1) is 8.69. The molecule has 0 radical (unpaired) electrons. The molecule has 2 rings (SSSR count). The van der Waals surface area contributed by atoms with Gasteiger partial charge in [0.05, 0.1) is 0 Å². The number of piperazine rings is 1. The SMILES string of the molecule is CCC(=O)N1CCN(CC2CCCN(C)C2)CC1. The molecule has 2 saturated heterocycles. The van der Waals surface area contributed by atoms with Crippen molar-refractivity contribution in [3.63, 3.8) is 0 Å². The molecule has 0 aliphatic carbocycles. The van der Waals surface area contributed by atoms with Crippen molar-refractivity contribution < 1.29 is 4.79 Å². The van der Waals surface area contributed by atoms with Crippen LogP contribution in [0.2, 0.25) is 0 Å². The van der Waals surface area contributed by atoms with Crippen LogP contribution in [0.3, 0.4) is 0 Å². The highest BCUT2D eigenvalue weighted by atomic mass is 16.2. The van der Waals surface area contributed by atoms with Crippen LogP contribution >= 0.6 is 0 Å². The van der Waals surface area contributed by atoms with E-state index in [0.29, 0.717) is 12.3 Å². The van der Waals surface area contributed by atoms with Gasteiger partial charge in [-0.1, -0.05) is 6.92 Å². The van der Waals surface area contributed by atoms with Gasteiger partial charge in [0.2, 0.25) is 5.91 Å². The monoisotopic (exact) mass is 253 g/mol. The van der Waals surface area contributed by atoms with Gasteiger partial charge in [-0.15, -0.1) is 0 Å². The van der Waals surface area contributed by atoms with Gasteiger partial charge in [-0.2, -0.15) is 0 Å². The lowest BCUT2D eigenvalue weighted by Gasteiger charge is -2.38. The van der Waals surface area contributed by atoms with Crippen LogP contribution in [0.4, 0.5) is 0 Å². The molecule has 0 saturated carbocycles. The van der Waals surface area contributed by atoms with Crippen LogP contribution in [-0.4, -0.2) is 73.5 Å². The van der Waals surface area contributed by atoms with Crippen LogP contribution in [-0.2, 0) is 4.79 Å². The number of rotatable bonds is 3. The highest BCUT2D eigenvalue weighted by molar-refractivity contribution is 5.75. The lowest BCUT2D eigenvalue weighted by Crippen LogP contribution is -2.50. The standard InChI is InChI=1S/C14H27N3O/c1-3-14(18)17-9-7-16(8-10-17)12-13-5-4-6-15(2)11-13/h13H,3-12H2,1-2H3. The average Bonchev–Trinajstić information content (AvgIpc) is 2.39. The fraction of sp³-hybridized carbons (Fsp3) is 0.929. The van der Waals surface area contributed by atoms with Crippen molar-refractivity contribution >= 4 is 5.91 Å². The Morgan fingerprint density at radius 2 is 1.89 bits per heavy atom. The lowest BCUT2D eigenvalue weighted by molar-refractivity contribution is -0.132. The summed E-state index contributed by atoms with van der Waals surface area (Å²) in [5.41, 5.74) is 0. The Kier molecular flexibility index (Phi) is 5.01. The minimum Gasteiger partial charge on any atom is -0.340 e. The normalized spacial score (nSPS) is 27.4. The third-order valence-corrected chi connectivity index (χ3v) is 4.27. The molecule has 1 amide bonds. The molecule has 0 aromatic rings. The van der Waals surface area contributed by atoms with E-state index in [2.05, 4.69) is 16.8 Å². The largest absolute Gasteiger partial charge is 0.340 e. The number of amides is 1. The molecule has 0 bridgehead atoms. The number of hydrogen-bond acceptors (Lipinski definition) is 3. The van der Waals surface area contributed by atoms with E-state index in [0.717, 1.165) is 32.1 Å². The zero-order valence-corrected chi connectivity index (χ0v) is 11.9. The van der Waals surface area contributed by atoms with Crippen molar-refractivity contribution in [2.24, 2.45) is 5.92 Å². The third kappa shape index (κ3) is 3.69. The van der Waals surface area contributed by atoms with Gasteiger partial charge in [0.25, 0.3) is 0 Å². The second kappa shape index (κ2) is 6.53. The Bertz CT molecular complexity index is 274. The maximum absolute atomic E-state index is 11.6. The maximum Gasteiger partial charge on any atom is 0.222 e. The van der Waals surface area contributed by atoms with Crippen LogP contribution in [0, 0.1) is 5.92 Å². The van der Waals surface area contributed by atoms with E-state index in [-0.39, 0.29) is 0 Å². The number of hydrogen-bond donors (Lipinski definition) is 0. The van der Waals surface area contributed by atoms with Crippen molar-refractivity contribution in [3.05, 3.63) is 0 Å². The average molecular weight is 253 g/mol. The summed E-state index contributed by atoms with van der Waals surface area (Å²) < 4.78 is 0. The summed E-state index contributed by atoms with van der Waals surface area (Å²) in [6, 6.07) is 0. The second-order valence-electron chi connectivity index (χ2n) is 5.81. The summed E-state index contributed by atoms with van der Waals surface area (Å²) in [5.74, 6) is 1.14. The summed E-state index contributed by atoms with van der Waals surface area (Å²) in [6.45, 7) is 9.65. The van der Waals surface area contributed by atoms with Gasteiger partial charge in [-0.05, 0) is 32.4 Å². The van der Waals surface area contributed by atoms with Crippen LogP contribution in [0.1, 0.15) is 26.2 Å². The van der Waals surface area contributed by atoms with E-state index in [1.807, 2.05) is 11.8 Å². The Morgan fingerprint density at radius 3 is 2.50 bits per heavy atom. The van der Waals surface area contributed by atoms with Crippen LogP contribution in [0.25, 0.3) is 0 Å². The molecule has 1 unspecified atom stereocenters. The summed E-state index contributed by atoms with van der Waals surface area (Å²) in [5, 5.41) is 0. The molecular formula is C14H27N3O. The summed E-state index contributed by atoms with van der Waals surface area (Å²) >= 11 is 0. The van der Waals surface area contributed by atoms with E-state index in [1.165, 1.54) is 32.5 Å². The topological polar surface area (TPSA) is 26.8 Å². The molecule has 2 aliphatic heterocycles. The Morgan fingerprint density at radius 1 is 1.17 bits per heavy atom. The first-order valence-electron chi connectivity index (χ1n) is 7.37. The van der Waals surface area contributed by atoms with Crippen LogP contribution < -0.4 is 0 Å². The van der Waals surface area contributed by atoms with Gasteiger partial charge in [0.15, 0.2) is 0 Å². The summed E-state index contributed by atoms with van der Waals surface area (Å²) in [7, 11) is 2.23. The fourth-order valence-electron chi connectivity index (χ4n) is 3.19. The second-order valence-corrected chi connectivity index (χ2v) is 5.81. The Hall–Kier alpha value is -0.610. The highest BCUT2D eigenvalue weighted by Crippen LogP contribution is 2.17. The van der Waals surface area contributed by atoms with E-state index in [1.54, 1.807) is 0 Å². The first kappa shape index (κ1) is 13.8. The number of carbonyl (C=O) groups is 1. The van der Waals surface area contributed by atoms with Gasteiger partial charge in [-0.3, -0.25) is 9.69 Å². The molecule has 0 N–H and O–H groups in total. The molecule has 4 nitrogen and oxygen atoms in total. The van der Waals surface area contributed by atoms with Crippen molar-refractivity contribution in [2.75, 3.05) is 52.9 Å². The summed E-state index contributed by atoms with van der Waals surface area (Å²) in [4.78, 5) is 18.6. The van der Waals surface area contributed by atoms with Crippen molar-refractivity contribution in [2.45, 2.75) is 26.2 Å². The molecule has 2 aliphatic rings. The van der Waals surface area contributed by atoms with Crippen LogP contribution in [0.5, 0.6) is 0 Å². The van der Waals surface area contributed by atoms with Gasteiger partial charge >= 0.3 is 0 Å². The van der Waals surface area contributed by atoms with E-state index in [4.69, 9.17) is 0 Å². The van der Waals surface area contributed by atoms with Crippen molar-refractivity contribution in [3.8, 4) is 0 Å².